The summed E-state index contributed by atoms with van der Waals surface area (Å²) < 4.78 is 11.1. The van der Waals surface area contributed by atoms with E-state index in [0.29, 0.717) is 19.0 Å². The Kier molecular flexibility index (Phi) is 4.60. The second-order valence-electron chi connectivity index (χ2n) is 6.03. The Hall–Kier alpha value is -2.69. The molecule has 0 radical (unpaired) electrons. The molecule has 2 N–H and O–H groups in total. The fourth-order valence-electron chi connectivity index (χ4n) is 2.56. The molecular formula is C19H22N2O3. The van der Waals surface area contributed by atoms with Gasteiger partial charge < -0.3 is 20.1 Å². The lowest BCUT2D eigenvalue weighted by atomic mass is 10.1. The molecule has 1 amide bonds. The molecule has 5 heteroatoms. The number of carbonyl (C=O) groups is 1. The number of aryl methyl sites for hydroxylation is 2. The molecule has 126 valence electrons. The largest absolute Gasteiger partial charge is 0.486 e. The maximum absolute atomic E-state index is 12.4. The predicted molar refractivity (Wildman–Crippen MR) is 95.1 cm³/mol. The average molecular weight is 326 g/mol. The van der Waals surface area contributed by atoms with Gasteiger partial charge in [-0.25, -0.2) is 0 Å². The summed E-state index contributed by atoms with van der Waals surface area (Å²) in [5.41, 5.74) is 3.82. The number of carbonyl (C=O) groups excluding carboxylic acids is 1. The molecule has 1 aliphatic rings. The van der Waals surface area contributed by atoms with Crippen molar-refractivity contribution in [2.75, 3.05) is 23.8 Å². The van der Waals surface area contributed by atoms with Crippen LogP contribution in [-0.2, 0) is 4.79 Å². The molecule has 1 unspecified atom stereocenters. The summed E-state index contributed by atoms with van der Waals surface area (Å²) >= 11 is 0. The number of rotatable bonds is 4. The minimum atomic E-state index is -0.382. The summed E-state index contributed by atoms with van der Waals surface area (Å²) in [7, 11) is 0. The summed E-state index contributed by atoms with van der Waals surface area (Å²) in [6.07, 6.45) is 0. The second kappa shape index (κ2) is 6.83. The highest BCUT2D eigenvalue weighted by Crippen LogP contribution is 2.32. The fraction of sp³-hybridized carbons (Fsp3) is 0.316. The van der Waals surface area contributed by atoms with Gasteiger partial charge in [0.15, 0.2) is 11.5 Å². The zero-order valence-corrected chi connectivity index (χ0v) is 14.2. The molecule has 2 aromatic rings. The standard InChI is InChI=1S/C19H22N2O3/c1-12-4-5-13(2)16(10-12)21-19(22)14(3)20-15-6-7-17-18(11-15)24-9-8-23-17/h4-7,10-11,14,20H,8-9H2,1-3H3,(H,21,22). The first kappa shape index (κ1) is 16.2. The number of amides is 1. The van der Waals surface area contributed by atoms with Crippen LogP contribution in [0, 0.1) is 13.8 Å². The summed E-state index contributed by atoms with van der Waals surface area (Å²) in [6.45, 7) is 6.92. The molecule has 0 saturated carbocycles. The third-order valence-electron chi connectivity index (χ3n) is 3.97. The average Bonchev–Trinajstić information content (AvgIpc) is 2.58. The van der Waals surface area contributed by atoms with E-state index < -0.39 is 0 Å². The van der Waals surface area contributed by atoms with Crippen LogP contribution in [0.2, 0.25) is 0 Å². The summed E-state index contributed by atoms with van der Waals surface area (Å²) in [4.78, 5) is 12.4. The van der Waals surface area contributed by atoms with Crippen molar-refractivity contribution in [3.8, 4) is 11.5 Å². The highest BCUT2D eigenvalue weighted by atomic mass is 16.6. The smallest absolute Gasteiger partial charge is 0.246 e. The van der Waals surface area contributed by atoms with Crippen molar-refractivity contribution >= 4 is 17.3 Å². The van der Waals surface area contributed by atoms with Crippen molar-refractivity contribution in [3.63, 3.8) is 0 Å². The highest BCUT2D eigenvalue weighted by Gasteiger charge is 2.16. The molecule has 0 saturated heterocycles. The van der Waals surface area contributed by atoms with E-state index in [9.17, 15) is 4.79 Å². The Morgan fingerprint density at radius 3 is 2.58 bits per heavy atom. The zero-order valence-electron chi connectivity index (χ0n) is 14.2. The number of fused-ring (bicyclic) bond motifs is 1. The van der Waals surface area contributed by atoms with E-state index in [1.807, 2.05) is 57.2 Å². The van der Waals surface area contributed by atoms with Crippen LogP contribution in [0.5, 0.6) is 11.5 Å². The van der Waals surface area contributed by atoms with E-state index in [1.54, 1.807) is 0 Å². The molecule has 1 atom stereocenters. The Morgan fingerprint density at radius 2 is 1.79 bits per heavy atom. The predicted octanol–water partition coefficient (Wildman–Crippen LogP) is 3.51. The molecule has 2 aromatic carbocycles. The van der Waals surface area contributed by atoms with Crippen LogP contribution in [0.1, 0.15) is 18.1 Å². The fourth-order valence-corrected chi connectivity index (χ4v) is 2.56. The molecule has 24 heavy (non-hydrogen) atoms. The van der Waals surface area contributed by atoms with Gasteiger partial charge in [0.05, 0.1) is 0 Å². The quantitative estimate of drug-likeness (QED) is 0.902. The molecule has 3 rings (SSSR count). The van der Waals surface area contributed by atoms with Gasteiger partial charge in [-0.1, -0.05) is 12.1 Å². The third-order valence-corrected chi connectivity index (χ3v) is 3.97. The van der Waals surface area contributed by atoms with Crippen molar-refractivity contribution in [1.82, 2.24) is 0 Å². The van der Waals surface area contributed by atoms with E-state index in [4.69, 9.17) is 9.47 Å². The number of benzene rings is 2. The zero-order chi connectivity index (χ0) is 17.1. The first-order valence-corrected chi connectivity index (χ1v) is 8.07. The van der Waals surface area contributed by atoms with Crippen molar-refractivity contribution < 1.29 is 14.3 Å². The maximum atomic E-state index is 12.4. The van der Waals surface area contributed by atoms with E-state index in [0.717, 1.165) is 28.3 Å². The number of hydrogen-bond acceptors (Lipinski definition) is 4. The Bertz CT molecular complexity index is 758. The SMILES string of the molecule is Cc1ccc(C)c(NC(=O)C(C)Nc2ccc3c(c2)OCCO3)c1. The van der Waals surface area contributed by atoms with Crippen LogP contribution >= 0.6 is 0 Å². The van der Waals surface area contributed by atoms with Gasteiger partial charge in [-0.3, -0.25) is 4.79 Å². The van der Waals surface area contributed by atoms with Crippen molar-refractivity contribution in [1.29, 1.82) is 0 Å². The van der Waals surface area contributed by atoms with Gasteiger partial charge in [0, 0.05) is 17.4 Å². The van der Waals surface area contributed by atoms with Gasteiger partial charge in [0.1, 0.15) is 19.3 Å². The van der Waals surface area contributed by atoms with Gasteiger partial charge in [-0.05, 0) is 50.1 Å². The van der Waals surface area contributed by atoms with Crippen molar-refractivity contribution in [2.24, 2.45) is 0 Å². The van der Waals surface area contributed by atoms with Crippen LogP contribution in [0.25, 0.3) is 0 Å². The molecule has 1 aliphatic heterocycles. The maximum Gasteiger partial charge on any atom is 0.246 e. The molecular weight excluding hydrogens is 304 g/mol. The van der Waals surface area contributed by atoms with Crippen LogP contribution in [-0.4, -0.2) is 25.2 Å². The van der Waals surface area contributed by atoms with E-state index in [2.05, 4.69) is 10.6 Å². The lowest BCUT2D eigenvalue weighted by Crippen LogP contribution is -2.32. The van der Waals surface area contributed by atoms with Crippen LogP contribution in [0.4, 0.5) is 11.4 Å². The van der Waals surface area contributed by atoms with Gasteiger partial charge in [0.2, 0.25) is 5.91 Å². The van der Waals surface area contributed by atoms with Crippen LogP contribution in [0.3, 0.4) is 0 Å². The van der Waals surface area contributed by atoms with Crippen LogP contribution in [0.15, 0.2) is 36.4 Å². The minimum absolute atomic E-state index is 0.0846. The molecule has 5 nitrogen and oxygen atoms in total. The molecule has 0 bridgehead atoms. The molecule has 0 aliphatic carbocycles. The number of nitrogens with one attached hydrogen (secondary N) is 2. The number of ether oxygens (including phenoxy) is 2. The second-order valence-corrected chi connectivity index (χ2v) is 6.03. The monoisotopic (exact) mass is 326 g/mol. The highest BCUT2D eigenvalue weighted by molar-refractivity contribution is 5.96. The molecule has 0 fully saturated rings. The summed E-state index contributed by atoms with van der Waals surface area (Å²) in [6, 6.07) is 11.2. The van der Waals surface area contributed by atoms with Gasteiger partial charge >= 0.3 is 0 Å². The number of hydrogen-bond donors (Lipinski definition) is 2. The van der Waals surface area contributed by atoms with Crippen molar-refractivity contribution in [2.45, 2.75) is 26.8 Å². The van der Waals surface area contributed by atoms with Crippen LogP contribution < -0.4 is 20.1 Å². The van der Waals surface area contributed by atoms with E-state index in [-0.39, 0.29) is 11.9 Å². The Balaban J connectivity index is 1.67. The minimum Gasteiger partial charge on any atom is -0.486 e. The normalized spacial score (nSPS) is 14.0. The van der Waals surface area contributed by atoms with Gasteiger partial charge in [-0.15, -0.1) is 0 Å². The number of anilines is 2. The summed E-state index contributed by atoms with van der Waals surface area (Å²) in [5, 5.41) is 6.17. The van der Waals surface area contributed by atoms with Crippen molar-refractivity contribution in [3.05, 3.63) is 47.5 Å². The first-order valence-electron chi connectivity index (χ1n) is 8.07. The Labute approximate surface area is 142 Å². The van der Waals surface area contributed by atoms with E-state index >= 15 is 0 Å². The topological polar surface area (TPSA) is 59.6 Å². The third kappa shape index (κ3) is 3.62. The van der Waals surface area contributed by atoms with E-state index in [1.165, 1.54) is 0 Å². The molecule has 1 heterocycles. The molecule has 0 spiro atoms. The summed E-state index contributed by atoms with van der Waals surface area (Å²) in [5.74, 6) is 1.35. The lowest BCUT2D eigenvalue weighted by Gasteiger charge is -2.21. The lowest BCUT2D eigenvalue weighted by molar-refractivity contribution is -0.116. The Morgan fingerprint density at radius 1 is 1.04 bits per heavy atom. The molecule has 0 aromatic heterocycles. The first-order chi connectivity index (χ1) is 11.5. The van der Waals surface area contributed by atoms with Gasteiger partial charge in [0.25, 0.3) is 0 Å². The van der Waals surface area contributed by atoms with Gasteiger partial charge in [-0.2, -0.15) is 0 Å².